The standard InChI is InChI=1S/C7H14O5.C2H5B/c1-3-5(9)7(11)6(10)4(2-8)12-3;1-2-3/h3-11H,2H2,1H3;2H2,1H3/t3-,4+,5-,6+,7+;/m0./s1. The van der Waals surface area contributed by atoms with Crippen molar-refractivity contribution in [3.05, 3.63) is 0 Å². The van der Waals surface area contributed by atoms with Crippen LogP contribution in [0.2, 0.25) is 6.32 Å². The van der Waals surface area contributed by atoms with E-state index >= 15 is 0 Å². The number of aliphatic hydroxyl groups excluding tert-OH is 4. The fourth-order valence-electron chi connectivity index (χ4n) is 1.29. The fourth-order valence-corrected chi connectivity index (χ4v) is 1.29. The summed E-state index contributed by atoms with van der Waals surface area (Å²) >= 11 is 0. The van der Waals surface area contributed by atoms with Gasteiger partial charge in [-0.05, 0) is 6.92 Å². The van der Waals surface area contributed by atoms with E-state index in [4.69, 9.17) is 17.7 Å². The predicted molar refractivity (Wildman–Crippen MR) is 55.7 cm³/mol. The lowest BCUT2D eigenvalue weighted by Crippen LogP contribution is -2.57. The molecule has 0 bridgehead atoms. The van der Waals surface area contributed by atoms with Gasteiger partial charge in [0.15, 0.2) is 0 Å². The molecule has 1 rings (SSSR count). The van der Waals surface area contributed by atoms with Gasteiger partial charge in [0.25, 0.3) is 0 Å². The molecular formula is C9H19BO5. The van der Waals surface area contributed by atoms with Gasteiger partial charge in [0.05, 0.1) is 20.6 Å². The Morgan fingerprint density at radius 3 is 2.00 bits per heavy atom. The monoisotopic (exact) mass is 218 g/mol. The second-order valence-electron chi connectivity index (χ2n) is 3.44. The van der Waals surface area contributed by atoms with E-state index in [1.807, 2.05) is 6.92 Å². The average molecular weight is 218 g/mol. The molecule has 1 saturated heterocycles. The van der Waals surface area contributed by atoms with Crippen LogP contribution in [-0.4, -0.2) is 65.4 Å². The highest BCUT2D eigenvalue weighted by Crippen LogP contribution is 2.20. The number of rotatable bonds is 1. The van der Waals surface area contributed by atoms with E-state index in [1.54, 1.807) is 6.92 Å². The summed E-state index contributed by atoms with van der Waals surface area (Å²) in [6.45, 7) is 3.11. The number of ether oxygens (including phenoxy) is 1. The number of aliphatic hydroxyl groups is 4. The van der Waals surface area contributed by atoms with E-state index < -0.39 is 30.5 Å². The van der Waals surface area contributed by atoms with Crippen LogP contribution >= 0.6 is 0 Å². The smallest absolute Gasteiger partial charge is 0.111 e. The van der Waals surface area contributed by atoms with Crippen molar-refractivity contribution in [2.45, 2.75) is 50.7 Å². The van der Waals surface area contributed by atoms with Crippen molar-refractivity contribution in [2.75, 3.05) is 6.61 Å². The maximum atomic E-state index is 9.23. The molecule has 1 fully saturated rings. The molecule has 0 saturated carbocycles. The van der Waals surface area contributed by atoms with Crippen molar-refractivity contribution in [3.63, 3.8) is 0 Å². The number of hydrogen-bond acceptors (Lipinski definition) is 5. The lowest BCUT2D eigenvalue weighted by atomic mass is 9.96. The molecule has 0 amide bonds. The molecule has 15 heavy (non-hydrogen) atoms. The first-order valence-electron chi connectivity index (χ1n) is 5.00. The number of hydrogen-bond donors (Lipinski definition) is 4. The molecule has 4 N–H and O–H groups in total. The molecule has 1 aliphatic heterocycles. The average Bonchev–Trinajstić information content (AvgIpc) is 2.21. The van der Waals surface area contributed by atoms with Gasteiger partial charge in [0, 0.05) is 0 Å². The van der Waals surface area contributed by atoms with Gasteiger partial charge < -0.3 is 25.2 Å². The van der Waals surface area contributed by atoms with E-state index in [-0.39, 0.29) is 6.61 Å². The SMILES string of the molecule is C[C@@H]1O[C@H](CO)[C@@H](O)[C@H](O)[C@H]1O.[B]CC. The van der Waals surface area contributed by atoms with E-state index in [2.05, 4.69) is 0 Å². The molecule has 88 valence electrons. The van der Waals surface area contributed by atoms with Gasteiger partial charge >= 0.3 is 0 Å². The van der Waals surface area contributed by atoms with Gasteiger partial charge in [0.2, 0.25) is 0 Å². The second kappa shape index (κ2) is 7.19. The third-order valence-electron chi connectivity index (χ3n) is 2.13. The molecule has 0 aromatic rings. The van der Waals surface area contributed by atoms with Crippen LogP contribution in [0.1, 0.15) is 13.8 Å². The van der Waals surface area contributed by atoms with Crippen LogP contribution in [0.25, 0.3) is 0 Å². The van der Waals surface area contributed by atoms with Crippen LogP contribution in [0.4, 0.5) is 0 Å². The Balaban J connectivity index is 0.000000583. The van der Waals surface area contributed by atoms with E-state index in [9.17, 15) is 15.3 Å². The summed E-state index contributed by atoms with van der Waals surface area (Å²) in [6, 6.07) is 0. The first kappa shape index (κ1) is 14.9. The minimum Gasteiger partial charge on any atom is -0.394 e. The quantitative estimate of drug-likeness (QED) is 0.400. The second-order valence-corrected chi connectivity index (χ2v) is 3.44. The molecule has 1 heterocycles. The summed E-state index contributed by atoms with van der Waals surface area (Å²) in [7, 11) is 4.85. The third-order valence-corrected chi connectivity index (χ3v) is 2.13. The molecule has 2 radical (unpaired) electrons. The molecule has 0 aromatic carbocycles. The minimum absolute atomic E-state index is 0.366. The highest BCUT2D eigenvalue weighted by atomic mass is 16.5. The molecular weight excluding hydrogens is 199 g/mol. The lowest BCUT2D eigenvalue weighted by molar-refractivity contribution is -0.224. The first-order chi connectivity index (χ1) is 6.99. The molecule has 6 heteroatoms. The maximum absolute atomic E-state index is 9.23. The van der Waals surface area contributed by atoms with Crippen molar-refractivity contribution in [1.29, 1.82) is 0 Å². The molecule has 5 nitrogen and oxygen atoms in total. The molecule has 0 aliphatic carbocycles. The highest BCUT2D eigenvalue weighted by molar-refractivity contribution is 6.08. The first-order valence-corrected chi connectivity index (χ1v) is 5.00. The lowest BCUT2D eigenvalue weighted by Gasteiger charge is -2.38. The Morgan fingerprint density at radius 1 is 1.13 bits per heavy atom. The van der Waals surface area contributed by atoms with Crippen molar-refractivity contribution in [1.82, 2.24) is 0 Å². The predicted octanol–water partition coefficient (Wildman–Crippen LogP) is -1.56. The molecule has 5 atom stereocenters. The summed E-state index contributed by atoms with van der Waals surface area (Å²) in [6.07, 6.45) is -4.19. The summed E-state index contributed by atoms with van der Waals surface area (Å²) in [5, 5.41) is 36.4. The fraction of sp³-hybridized carbons (Fsp3) is 1.00. The third kappa shape index (κ3) is 4.08. The van der Waals surface area contributed by atoms with Crippen LogP contribution in [0.15, 0.2) is 0 Å². The van der Waals surface area contributed by atoms with Crippen molar-refractivity contribution in [3.8, 4) is 0 Å². The minimum atomic E-state index is -1.24. The molecule has 0 unspecified atom stereocenters. The van der Waals surface area contributed by atoms with Crippen LogP contribution in [0.3, 0.4) is 0 Å². The summed E-state index contributed by atoms with van der Waals surface area (Å²) in [5.74, 6) is 0. The zero-order valence-corrected chi connectivity index (χ0v) is 9.08. The highest BCUT2D eigenvalue weighted by Gasteiger charge is 2.41. The Kier molecular flexibility index (Phi) is 7.13. The molecule has 0 spiro atoms. The van der Waals surface area contributed by atoms with Crippen molar-refractivity contribution >= 4 is 7.85 Å². The van der Waals surface area contributed by atoms with Crippen LogP contribution in [-0.2, 0) is 4.74 Å². The van der Waals surface area contributed by atoms with Gasteiger partial charge in [-0.15, -0.1) is 0 Å². The Hall–Kier alpha value is -0.135. The maximum Gasteiger partial charge on any atom is 0.111 e. The van der Waals surface area contributed by atoms with Crippen LogP contribution in [0, 0.1) is 0 Å². The van der Waals surface area contributed by atoms with Gasteiger partial charge in [0.1, 0.15) is 24.4 Å². The Morgan fingerprint density at radius 2 is 1.60 bits per heavy atom. The van der Waals surface area contributed by atoms with Crippen LogP contribution < -0.4 is 0 Å². The van der Waals surface area contributed by atoms with Crippen molar-refractivity contribution in [2.24, 2.45) is 0 Å². The van der Waals surface area contributed by atoms with E-state index in [0.717, 1.165) is 6.32 Å². The summed E-state index contributed by atoms with van der Waals surface area (Å²) in [5.41, 5.74) is 0. The Labute approximate surface area is 91.1 Å². The van der Waals surface area contributed by atoms with E-state index in [0.29, 0.717) is 0 Å². The molecule has 0 aromatic heterocycles. The largest absolute Gasteiger partial charge is 0.394 e. The van der Waals surface area contributed by atoms with Gasteiger partial charge in [-0.1, -0.05) is 13.2 Å². The molecule has 1 aliphatic rings. The normalized spacial score (nSPS) is 40.5. The Bertz CT molecular complexity index is 164. The van der Waals surface area contributed by atoms with Crippen molar-refractivity contribution < 1.29 is 25.2 Å². The van der Waals surface area contributed by atoms with Gasteiger partial charge in [-0.2, -0.15) is 0 Å². The van der Waals surface area contributed by atoms with Crippen LogP contribution in [0.5, 0.6) is 0 Å². The van der Waals surface area contributed by atoms with Gasteiger partial charge in [-0.3, -0.25) is 0 Å². The zero-order chi connectivity index (χ0) is 12.0. The zero-order valence-electron chi connectivity index (χ0n) is 9.08. The topological polar surface area (TPSA) is 90.2 Å². The van der Waals surface area contributed by atoms with E-state index in [1.165, 1.54) is 0 Å². The summed E-state index contributed by atoms with van der Waals surface area (Å²) < 4.78 is 5.02. The van der Waals surface area contributed by atoms with Gasteiger partial charge in [-0.25, -0.2) is 0 Å². The summed E-state index contributed by atoms with van der Waals surface area (Å²) in [4.78, 5) is 0.